The molecule has 5 aliphatic rings. The third-order valence-electron chi connectivity index (χ3n) is 20.8. The molecule has 0 heterocycles. The number of rotatable bonds is 8. The Morgan fingerprint density at radius 2 is 0.725 bits per heavy atom. The fourth-order valence-corrected chi connectivity index (χ4v) is 6.70. The molecule has 0 aliphatic heterocycles. The second-order valence-corrected chi connectivity index (χ2v) is 32.9. The topological polar surface area (TPSA) is 0 Å². The molecule has 0 nitrogen and oxygen atoms in total. The van der Waals surface area contributed by atoms with E-state index < -0.39 is 0 Å². The average Bonchev–Trinajstić information content (AvgIpc) is 3.95. The lowest BCUT2D eigenvalue weighted by atomic mass is 9.68. The van der Waals surface area contributed by atoms with Gasteiger partial charge in [0.15, 0.2) is 0 Å². The number of hydrogen-bond donors (Lipinski definition) is 0. The van der Waals surface area contributed by atoms with Crippen molar-refractivity contribution in [1.82, 2.24) is 0 Å². The molecule has 0 amide bonds. The summed E-state index contributed by atoms with van der Waals surface area (Å²) in [6.45, 7) is 84.8. The summed E-state index contributed by atoms with van der Waals surface area (Å²) >= 11 is 0. The van der Waals surface area contributed by atoms with E-state index in [2.05, 4.69) is 256 Å². The Hall–Kier alpha value is 0. The maximum atomic E-state index is 2.44. The van der Waals surface area contributed by atoms with Gasteiger partial charge in [-0.2, -0.15) is 0 Å². The van der Waals surface area contributed by atoms with Crippen LogP contribution >= 0.6 is 0 Å². The molecular weight excluding hydrogens is 829 g/mol. The zero-order valence-electron chi connectivity index (χ0n) is 56.3. The molecule has 6 atom stereocenters. The van der Waals surface area contributed by atoms with Crippen molar-refractivity contribution in [3.8, 4) is 0 Å². The SMILES string of the molecule is CC(C)(C)C(C)(C)C.CC(C)(C)C(C)(C)C.CC(C)C(C)C(C)C.CC1(C2CC2)CC1.CC1CC(C)C1C.CCC(C)(C)C(C)C.CCC(C)C(C)(C)C.CC[C@@H](C)C(C)(C)C.C[C@H]1CC1C1CC1. The summed E-state index contributed by atoms with van der Waals surface area (Å²) in [7, 11) is 0. The van der Waals surface area contributed by atoms with Crippen molar-refractivity contribution in [3.63, 3.8) is 0 Å². The molecule has 5 aliphatic carbocycles. The quantitative estimate of drug-likeness (QED) is 0.227. The summed E-state index contributed by atoms with van der Waals surface area (Å²) in [4.78, 5) is 0. The van der Waals surface area contributed by atoms with Gasteiger partial charge in [-0.15, -0.1) is 0 Å². The highest BCUT2D eigenvalue weighted by molar-refractivity contribution is 5.00. The van der Waals surface area contributed by atoms with Crippen molar-refractivity contribution in [2.45, 2.75) is 327 Å². The first kappa shape index (κ1) is 75.5. The lowest BCUT2D eigenvalue weighted by Crippen LogP contribution is -2.29. The first-order chi connectivity index (χ1) is 30.4. The van der Waals surface area contributed by atoms with Gasteiger partial charge < -0.3 is 0 Å². The van der Waals surface area contributed by atoms with Gasteiger partial charge in [-0.3, -0.25) is 0 Å². The van der Waals surface area contributed by atoms with Gasteiger partial charge >= 0.3 is 0 Å². The van der Waals surface area contributed by atoms with E-state index in [4.69, 9.17) is 0 Å². The highest BCUT2D eigenvalue weighted by Gasteiger charge is 2.49. The Labute approximate surface area is 445 Å². The van der Waals surface area contributed by atoms with Crippen molar-refractivity contribution in [2.24, 2.45) is 120 Å². The summed E-state index contributed by atoms with van der Waals surface area (Å²) in [5, 5.41) is 0. The van der Waals surface area contributed by atoms with Crippen molar-refractivity contribution >= 4 is 0 Å². The molecule has 0 radical (unpaired) electrons. The zero-order chi connectivity index (χ0) is 56.3. The van der Waals surface area contributed by atoms with E-state index in [-0.39, 0.29) is 0 Å². The van der Waals surface area contributed by atoms with Crippen LogP contribution in [0.3, 0.4) is 0 Å². The van der Waals surface area contributed by atoms with Gasteiger partial charge in [0.05, 0.1) is 0 Å². The summed E-state index contributed by atoms with van der Waals surface area (Å²) < 4.78 is 0. The van der Waals surface area contributed by atoms with Gasteiger partial charge in [-0.25, -0.2) is 0 Å². The normalized spacial score (nSPS) is 23.7. The van der Waals surface area contributed by atoms with Crippen LogP contribution in [0.15, 0.2) is 0 Å². The first-order valence-electron chi connectivity index (χ1n) is 30.4. The lowest BCUT2D eigenvalue weighted by molar-refractivity contribution is 0.120. The highest BCUT2D eigenvalue weighted by atomic mass is 14.5. The molecule has 4 unspecified atom stereocenters. The van der Waals surface area contributed by atoms with Crippen LogP contribution < -0.4 is 0 Å². The van der Waals surface area contributed by atoms with E-state index in [0.717, 1.165) is 70.5 Å². The first-order valence-corrected chi connectivity index (χ1v) is 30.4. The maximum absolute atomic E-state index is 2.44. The van der Waals surface area contributed by atoms with Crippen LogP contribution in [0.4, 0.5) is 0 Å². The fraction of sp³-hybridized carbons (Fsp3) is 1.00. The molecule has 0 aromatic rings. The van der Waals surface area contributed by atoms with Crippen molar-refractivity contribution in [2.75, 3.05) is 0 Å². The molecule has 0 aromatic carbocycles. The predicted octanol–water partition coefficient (Wildman–Crippen LogP) is 24.9. The molecule has 5 fully saturated rings. The van der Waals surface area contributed by atoms with Gasteiger partial charge in [0.2, 0.25) is 0 Å². The zero-order valence-corrected chi connectivity index (χ0v) is 56.3. The number of hydrogen-bond acceptors (Lipinski definition) is 0. The Kier molecular flexibility index (Phi) is 34.8. The fourth-order valence-electron chi connectivity index (χ4n) is 6.70. The van der Waals surface area contributed by atoms with Gasteiger partial charge in [0, 0.05) is 0 Å². The van der Waals surface area contributed by atoms with Gasteiger partial charge in [0.1, 0.15) is 0 Å². The van der Waals surface area contributed by atoms with Gasteiger partial charge in [-0.05, 0) is 172 Å². The van der Waals surface area contributed by atoms with Crippen LogP contribution in [0.2, 0.25) is 0 Å². The molecule has 0 bridgehead atoms. The third-order valence-corrected chi connectivity index (χ3v) is 20.8. The van der Waals surface area contributed by atoms with E-state index in [1.807, 2.05) is 0 Å². The second kappa shape index (κ2) is 31.8. The molecule has 5 rings (SSSR count). The molecule has 69 heavy (non-hydrogen) atoms. The van der Waals surface area contributed by atoms with Crippen LogP contribution in [0, 0.1) is 120 Å². The Morgan fingerprint density at radius 3 is 0.754 bits per heavy atom. The van der Waals surface area contributed by atoms with E-state index in [0.29, 0.717) is 37.9 Å². The van der Waals surface area contributed by atoms with Crippen molar-refractivity contribution < 1.29 is 0 Å². The smallest absolute Gasteiger partial charge is 0.0297 e. The molecule has 0 spiro atoms. The molecule has 0 aromatic heterocycles. The van der Waals surface area contributed by atoms with Crippen molar-refractivity contribution in [3.05, 3.63) is 0 Å². The molecular formula is C69H146. The second-order valence-electron chi connectivity index (χ2n) is 32.9. The summed E-state index contributed by atoms with van der Waals surface area (Å²) in [6.07, 6.45) is 16.1. The van der Waals surface area contributed by atoms with E-state index >= 15 is 0 Å². The average molecular weight is 976 g/mol. The molecule has 0 saturated heterocycles. The highest BCUT2D eigenvalue weighted by Crippen LogP contribution is 2.60. The Balaban J connectivity index is -0.000000344. The van der Waals surface area contributed by atoms with E-state index in [1.54, 1.807) is 19.3 Å². The van der Waals surface area contributed by atoms with Gasteiger partial charge in [-0.1, -0.05) is 275 Å². The van der Waals surface area contributed by atoms with Crippen LogP contribution in [0.1, 0.15) is 327 Å². The molecule has 0 N–H and O–H groups in total. The van der Waals surface area contributed by atoms with Crippen LogP contribution in [-0.4, -0.2) is 0 Å². The van der Waals surface area contributed by atoms with Crippen LogP contribution in [0.25, 0.3) is 0 Å². The van der Waals surface area contributed by atoms with Crippen molar-refractivity contribution in [1.29, 1.82) is 0 Å². The van der Waals surface area contributed by atoms with Crippen LogP contribution in [0.5, 0.6) is 0 Å². The summed E-state index contributed by atoms with van der Waals surface area (Å²) in [6, 6.07) is 0. The third kappa shape index (κ3) is 36.6. The molecule has 422 valence electrons. The minimum atomic E-state index is 0.437. The van der Waals surface area contributed by atoms with Crippen LogP contribution in [-0.2, 0) is 0 Å². The standard InChI is InChI=1S/6C8H18.2C7H12.C7H14/c2*1-7(2,3)8(4,5)6;2*1-6-7(2)8(3,4)5;1-6-8(4,5)7(2)3;1-6(2)8(5)7(3)4;1-7(4-5-7)6-2-3-6;1-5-4-7(5)6-2-3-6;1-5-4-6(2)7(5)3/h2*1-6H3;3*7H,6H2,1-5H3;6-8H,1-5H3;6H,2-5H2,1H3;5-7H,2-4H2,1H3;5-7H,4H2,1-3H3/t;;7-;;;;;5-,7?;/m..1....0./s1. The Bertz CT molecular complexity index is 1130. The monoisotopic (exact) mass is 975 g/mol. The largest absolute Gasteiger partial charge is 0.0651 e. The lowest BCUT2D eigenvalue weighted by Gasteiger charge is -2.38. The maximum Gasteiger partial charge on any atom is -0.0297 e. The van der Waals surface area contributed by atoms with Gasteiger partial charge in [0.25, 0.3) is 0 Å². The summed E-state index contributed by atoms with van der Waals surface area (Å²) in [5.74, 6) is 12.7. The minimum Gasteiger partial charge on any atom is -0.0651 e. The van der Waals surface area contributed by atoms with E-state index in [9.17, 15) is 0 Å². The molecule has 0 heteroatoms. The van der Waals surface area contributed by atoms with E-state index in [1.165, 1.54) is 63.2 Å². The Morgan fingerprint density at radius 1 is 0.435 bits per heavy atom. The minimum absolute atomic E-state index is 0.437. The summed E-state index contributed by atoms with van der Waals surface area (Å²) in [5.41, 5.74) is 4.17. The molecule has 5 saturated carbocycles. The predicted molar refractivity (Wildman–Crippen MR) is 326 cm³/mol.